The van der Waals surface area contributed by atoms with Gasteiger partial charge in [0.2, 0.25) is 5.91 Å². The quantitative estimate of drug-likeness (QED) is 0.193. The Hall–Kier alpha value is -1.53. The van der Waals surface area contributed by atoms with Crippen molar-refractivity contribution in [2.24, 2.45) is 0 Å². The van der Waals surface area contributed by atoms with E-state index in [2.05, 4.69) is 0 Å². The fourth-order valence-electron chi connectivity index (χ4n) is 3.71. The van der Waals surface area contributed by atoms with Crippen molar-refractivity contribution in [1.29, 1.82) is 0 Å². The van der Waals surface area contributed by atoms with Crippen LogP contribution in [-0.4, -0.2) is 165 Å². The number of carboxylic acids is 4. The number of methoxy groups -OCH3 is 1. The average Bonchev–Trinajstić information content (AvgIpc) is 2.76. The normalized spacial score (nSPS) is 17.1. The number of rotatable bonds is 13. The Balaban J connectivity index is 0.0000130. The van der Waals surface area contributed by atoms with Crippen molar-refractivity contribution in [3.05, 3.63) is 0 Å². The van der Waals surface area contributed by atoms with E-state index in [0.717, 1.165) is 4.90 Å². The van der Waals surface area contributed by atoms with Gasteiger partial charge >= 0.3 is 45.9 Å². The molecule has 0 aliphatic carbocycles. The SMILES string of the molecule is COCCN(CC(=O)O)C(=O)CN1CCN(CC(=O)[O-])CCN(CC(=O)[O-])CCN(CC(=O)[O-])CC1.[Gd+3]. The summed E-state index contributed by atoms with van der Waals surface area (Å²) in [5, 5.41) is 42.7. The number of ether oxygens (including phenoxy) is 1. The van der Waals surface area contributed by atoms with E-state index in [1.54, 1.807) is 14.7 Å². The molecule has 37 heavy (non-hydrogen) atoms. The molecule has 1 N–H and O–H groups in total. The maximum Gasteiger partial charge on any atom is 3.00 e. The van der Waals surface area contributed by atoms with Gasteiger partial charge in [0, 0.05) is 85.6 Å². The Morgan fingerprint density at radius 2 is 1.03 bits per heavy atom. The van der Waals surface area contributed by atoms with E-state index in [0.29, 0.717) is 0 Å². The van der Waals surface area contributed by atoms with Gasteiger partial charge < -0.3 is 44.4 Å². The van der Waals surface area contributed by atoms with Gasteiger partial charge in [0.25, 0.3) is 0 Å². The molecule has 1 saturated heterocycles. The zero-order valence-corrected chi connectivity index (χ0v) is 23.1. The van der Waals surface area contributed by atoms with Crippen LogP contribution in [0.2, 0.25) is 0 Å². The van der Waals surface area contributed by atoms with Crippen molar-refractivity contribution < 1.29 is 89.1 Å². The molecule has 1 radical (unpaired) electrons. The van der Waals surface area contributed by atoms with E-state index in [1.165, 1.54) is 12.0 Å². The largest absolute Gasteiger partial charge is 3.00 e. The van der Waals surface area contributed by atoms with Gasteiger partial charge in [0.15, 0.2) is 0 Å². The summed E-state index contributed by atoms with van der Waals surface area (Å²) in [6, 6.07) is 0. The Labute approximate surface area is 247 Å². The minimum absolute atomic E-state index is 0. The molecule has 0 bridgehead atoms. The maximum atomic E-state index is 12.9. The number of carboxylic acid groups (broad SMARTS) is 4. The van der Waals surface area contributed by atoms with E-state index in [9.17, 15) is 39.3 Å². The molecule has 1 rings (SSSR count). The van der Waals surface area contributed by atoms with E-state index < -0.39 is 56.0 Å². The molecule has 0 atom stereocenters. The smallest absolute Gasteiger partial charge is 0.549 e. The fraction of sp³-hybridized carbons (Fsp3) is 0.762. The number of carbonyl (C=O) groups is 5. The standard InChI is InChI=1S/C21H37N5O10.Gd/c1-36-11-10-26(16-21(34)35)17(27)12-22-2-4-23(13-18(28)29)6-8-25(15-20(32)33)9-7-24(5-3-22)14-19(30)31;/h2-16H2,1H3,(H,28,29)(H,30,31)(H,32,33)(H,34,35);/q;+3/p-3. The Bertz CT molecular complexity index is 727. The summed E-state index contributed by atoms with van der Waals surface area (Å²) in [5.41, 5.74) is 0. The second kappa shape index (κ2) is 19.5. The predicted molar refractivity (Wildman–Crippen MR) is 117 cm³/mol. The van der Waals surface area contributed by atoms with Crippen LogP contribution in [0.5, 0.6) is 0 Å². The van der Waals surface area contributed by atoms with Crippen LogP contribution in [0.1, 0.15) is 0 Å². The topological polar surface area (TPSA) is 200 Å². The molecule has 1 aliphatic rings. The average molecular weight is 674 g/mol. The zero-order chi connectivity index (χ0) is 27.1. The molecular weight excluding hydrogens is 640 g/mol. The van der Waals surface area contributed by atoms with E-state index >= 15 is 0 Å². The van der Waals surface area contributed by atoms with Crippen molar-refractivity contribution in [3.8, 4) is 0 Å². The van der Waals surface area contributed by atoms with Crippen LogP contribution in [0, 0.1) is 39.9 Å². The molecule has 1 amide bonds. The molecule has 1 heterocycles. The minimum Gasteiger partial charge on any atom is -0.549 e. The Morgan fingerprint density at radius 3 is 1.30 bits per heavy atom. The first-order valence-corrected chi connectivity index (χ1v) is 11.5. The summed E-state index contributed by atoms with van der Waals surface area (Å²) in [4.78, 5) is 65.0. The van der Waals surface area contributed by atoms with Gasteiger partial charge in [-0.2, -0.15) is 0 Å². The Kier molecular flexibility index (Phi) is 18.7. The van der Waals surface area contributed by atoms with Crippen LogP contribution in [0.3, 0.4) is 0 Å². The van der Waals surface area contributed by atoms with Crippen LogP contribution in [-0.2, 0) is 28.7 Å². The first-order valence-electron chi connectivity index (χ1n) is 11.5. The van der Waals surface area contributed by atoms with Crippen molar-refractivity contribution >= 4 is 29.8 Å². The molecule has 1 fully saturated rings. The summed E-state index contributed by atoms with van der Waals surface area (Å²) in [6.45, 7) is -0.158. The molecule has 0 saturated carbocycles. The molecule has 0 spiro atoms. The fourth-order valence-corrected chi connectivity index (χ4v) is 3.71. The summed E-state index contributed by atoms with van der Waals surface area (Å²) < 4.78 is 4.94. The number of nitrogens with zero attached hydrogens (tertiary/aromatic N) is 5. The molecule has 211 valence electrons. The molecule has 15 nitrogen and oxygen atoms in total. The molecule has 16 heteroatoms. The summed E-state index contributed by atoms with van der Waals surface area (Å²) >= 11 is 0. The third-order valence-electron chi connectivity index (χ3n) is 5.59. The van der Waals surface area contributed by atoms with Gasteiger partial charge in [-0.15, -0.1) is 0 Å². The predicted octanol–water partition coefficient (Wildman–Crippen LogP) is -6.98. The summed E-state index contributed by atoms with van der Waals surface area (Å²) in [7, 11) is 1.42. The van der Waals surface area contributed by atoms with E-state index in [1.807, 2.05) is 0 Å². The van der Waals surface area contributed by atoms with Gasteiger partial charge in [-0.3, -0.25) is 29.2 Å². The molecule has 0 aromatic rings. The van der Waals surface area contributed by atoms with Gasteiger partial charge in [-0.1, -0.05) is 0 Å². The molecular formula is C21H34GdN5O10. The van der Waals surface area contributed by atoms with Crippen molar-refractivity contribution in [2.45, 2.75) is 0 Å². The number of aliphatic carboxylic acids is 4. The van der Waals surface area contributed by atoms with Crippen molar-refractivity contribution in [3.63, 3.8) is 0 Å². The van der Waals surface area contributed by atoms with Crippen LogP contribution >= 0.6 is 0 Å². The Morgan fingerprint density at radius 1 is 0.703 bits per heavy atom. The molecule has 1 aliphatic heterocycles. The van der Waals surface area contributed by atoms with Crippen LogP contribution in [0.25, 0.3) is 0 Å². The third-order valence-corrected chi connectivity index (χ3v) is 5.59. The summed E-state index contributed by atoms with van der Waals surface area (Å²) in [5.74, 6) is -5.61. The van der Waals surface area contributed by atoms with Crippen LogP contribution in [0.4, 0.5) is 0 Å². The first-order chi connectivity index (χ1) is 17.0. The monoisotopic (exact) mass is 674 g/mol. The molecule has 0 unspecified atom stereocenters. The van der Waals surface area contributed by atoms with Gasteiger partial charge in [-0.05, 0) is 0 Å². The van der Waals surface area contributed by atoms with E-state index in [-0.39, 0.29) is 112 Å². The van der Waals surface area contributed by atoms with Crippen LogP contribution < -0.4 is 15.3 Å². The van der Waals surface area contributed by atoms with E-state index in [4.69, 9.17) is 9.84 Å². The molecule has 0 aromatic carbocycles. The van der Waals surface area contributed by atoms with Gasteiger partial charge in [0.05, 0.1) is 31.1 Å². The van der Waals surface area contributed by atoms with Crippen molar-refractivity contribution in [1.82, 2.24) is 24.5 Å². The van der Waals surface area contributed by atoms with Gasteiger partial charge in [0.1, 0.15) is 6.54 Å². The number of carbonyl (C=O) groups excluding carboxylic acids is 4. The number of amides is 1. The number of hydrogen-bond acceptors (Lipinski definition) is 13. The summed E-state index contributed by atoms with van der Waals surface area (Å²) in [6.07, 6.45) is 0. The van der Waals surface area contributed by atoms with Crippen molar-refractivity contribution in [2.75, 3.05) is 105 Å². The molecule has 0 aromatic heterocycles. The first kappa shape index (κ1) is 35.5. The third kappa shape index (κ3) is 16.8. The number of hydrogen-bond donors (Lipinski definition) is 1. The second-order valence-corrected chi connectivity index (χ2v) is 8.42. The minimum atomic E-state index is -1.32. The maximum absolute atomic E-state index is 12.9. The second-order valence-electron chi connectivity index (χ2n) is 8.42. The van der Waals surface area contributed by atoms with Gasteiger partial charge in [-0.25, -0.2) is 0 Å². The van der Waals surface area contributed by atoms with Crippen LogP contribution in [0.15, 0.2) is 0 Å². The zero-order valence-electron chi connectivity index (χ0n) is 20.8.